The number of pyridine rings is 1. The molecule has 9 heteroatoms. The van der Waals surface area contributed by atoms with Gasteiger partial charge in [0.05, 0.1) is 16.8 Å². The number of anilines is 2. The number of aromatic nitrogens is 1. The Hall–Kier alpha value is -3.59. The zero-order chi connectivity index (χ0) is 20.3. The van der Waals surface area contributed by atoms with Crippen LogP contribution in [0.15, 0.2) is 78.0 Å². The van der Waals surface area contributed by atoms with Crippen molar-refractivity contribution < 1.29 is 22.7 Å². The predicted molar refractivity (Wildman–Crippen MR) is 106 cm³/mol. The molecule has 0 saturated carbocycles. The van der Waals surface area contributed by atoms with Crippen LogP contribution in [0.25, 0.3) is 0 Å². The van der Waals surface area contributed by atoms with Crippen LogP contribution in [0.2, 0.25) is 0 Å². The highest BCUT2D eigenvalue weighted by Gasteiger charge is 2.27. The van der Waals surface area contributed by atoms with Crippen molar-refractivity contribution >= 4 is 27.3 Å². The fourth-order valence-corrected chi connectivity index (χ4v) is 3.77. The van der Waals surface area contributed by atoms with E-state index in [1.807, 2.05) is 6.07 Å². The lowest BCUT2D eigenvalue weighted by atomic mass is 10.2. The second kappa shape index (κ2) is 7.80. The fourth-order valence-electron chi connectivity index (χ4n) is 2.73. The van der Waals surface area contributed by atoms with Gasteiger partial charge >= 0.3 is 0 Å². The molecule has 2 heterocycles. The number of nitrogens with zero attached hydrogens (tertiary/aromatic N) is 1. The topological polar surface area (TPSA) is 107 Å². The third-order valence-electron chi connectivity index (χ3n) is 4.15. The zero-order valence-electron chi connectivity index (χ0n) is 15.1. The summed E-state index contributed by atoms with van der Waals surface area (Å²) >= 11 is 0. The molecular weight excluding hydrogens is 394 g/mol. The van der Waals surface area contributed by atoms with Crippen LogP contribution < -0.4 is 19.5 Å². The molecule has 8 nitrogen and oxygen atoms in total. The molecule has 148 valence electrons. The molecule has 2 N–H and O–H groups in total. The SMILES string of the molecule is O=C(Nc1ccc(S(=O)(=O)Nc2cccnc2)cc1)[C@H]1COc2ccccc2O1. The van der Waals surface area contributed by atoms with Crippen LogP contribution in [0.5, 0.6) is 11.5 Å². The number of rotatable bonds is 5. The van der Waals surface area contributed by atoms with Gasteiger partial charge in [0.2, 0.25) is 6.10 Å². The maximum atomic E-state index is 12.4. The molecule has 1 aliphatic rings. The summed E-state index contributed by atoms with van der Waals surface area (Å²) in [6.07, 6.45) is 2.16. The van der Waals surface area contributed by atoms with Crippen LogP contribution in [-0.4, -0.2) is 32.0 Å². The monoisotopic (exact) mass is 411 g/mol. The van der Waals surface area contributed by atoms with E-state index in [0.29, 0.717) is 22.9 Å². The van der Waals surface area contributed by atoms with Gasteiger partial charge in [0, 0.05) is 11.9 Å². The quantitative estimate of drug-likeness (QED) is 0.669. The Morgan fingerprint density at radius 3 is 2.45 bits per heavy atom. The summed E-state index contributed by atoms with van der Waals surface area (Å²) < 4.78 is 38.5. The van der Waals surface area contributed by atoms with Crippen molar-refractivity contribution in [3.05, 3.63) is 73.1 Å². The number of carbonyl (C=O) groups excluding carboxylic acids is 1. The van der Waals surface area contributed by atoms with Crippen molar-refractivity contribution in [2.24, 2.45) is 0 Å². The molecule has 2 aromatic carbocycles. The standard InChI is InChI=1S/C20H17N3O5S/c24-20(19-13-27-17-5-1-2-6-18(17)28-19)22-14-7-9-16(10-8-14)29(25,26)23-15-4-3-11-21-12-15/h1-12,19,23H,13H2,(H,22,24)/t19-/m1/s1. The molecule has 4 rings (SSSR count). The molecular formula is C20H17N3O5S. The molecule has 1 aromatic heterocycles. The van der Waals surface area contributed by atoms with Crippen molar-refractivity contribution in [3.63, 3.8) is 0 Å². The van der Waals surface area contributed by atoms with Gasteiger partial charge in [0.15, 0.2) is 11.5 Å². The van der Waals surface area contributed by atoms with Gasteiger partial charge in [-0.25, -0.2) is 8.42 Å². The smallest absolute Gasteiger partial charge is 0.269 e. The number of fused-ring (bicyclic) bond motifs is 1. The van der Waals surface area contributed by atoms with E-state index in [-0.39, 0.29) is 17.4 Å². The van der Waals surface area contributed by atoms with E-state index in [9.17, 15) is 13.2 Å². The number of hydrogen-bond donors (Lipinski definition) is 2. The molecule has 0 saturated heterocycles. The highest BCUT2D eigenvalue weighted by Crippen LogP contribution is 2.31. The molecule has 1 aliphatic heterocycles. The number of amides is 1. The van der Waals surface area contributed by atoms with Gasteiger partial charge in [-0.1, -0.05) is 12.1 Å². The lowest BCUT2D eigenvalue weighted by Crippen LogP contribution is -2.40. The summed E-state index contributed by atoms with van der Waals surface area (Å²) in [4.78, 5) is 16.4. The van der Waals surface area contributed by atoms with E-state index in [1.54, 1.807) is 36.5 Å². The Kier molecular flexibility index (Phi) is 5.05. The number of nitrogens with one attached hydrogen (secondary N) is 2. The highest BCUT2D eigenvalue weighted by molar-refractivity contribution is 7.92. The number of carbonyl (C=O) groups is 1. The first-order valence-electron chi connectivity index (χ1n) is 8.73. The maximum absolute atomic E-state index is 12.4. The Bertz CT molecular complexity index is 1120. The van der Waals surface area contributed by atoms with Crippen molar-refractivity contribution in [2.45, 2.75) is 11.0 Å². The minimum atomic E-state index is -3.76. The molecule has 3 aromatic rings. The van der Waals surface area contributed by atoms with Crippen LogP contribution in [0, 0.1) is 0 Å². The average molecular weight is 411 g/mol. The highest BCUT2D eigenvalue weighted by atomic mass is 32.2. The average Bonchev–Trinajstić information content (AvgIpc) is 2.74. The van der Waals surface area contributed by atoms with Crippen LogP contribution in [-0.2, 0) is 14.8 Å². The molecule has 1 amide bonds. The van der Waals surface area contributed by atoms with Crippen LogP contribution >= 0.6 is 0 Å². The molecule has 0 radical (unpaired) electrons. The number of sulfonamides is 1. The van der Waals surface area contributed by atoms with E-state index in [2.05, 4.69) is 15.0 Å². The van der Waals surface area contributed by atoms with Crippen LogP contribution in [0.4, 0.5) is 11.4 Å². The van der Waals surface area contributed by atoms with Gasteiger partial charge in [-0.15, -0.1) is 0 Å². The molecule has 0 unspecified atom stereocenters. The van der Waals surface area contributed by atoms with Gasteiger partial charge in [-0.3, -0.25) is 14.5 Å². The minimum absolute atomic E-state index is 0.0607. The molecule has 29 heavy (non-hydrogen) atoms. The third kappa shape index (κ3) is 4.30. The summed E-state index contributed by atoms with van der Waals surface area (Å²) in [5.74, 6) is 0.706. The van der Waals surface area contributed by atoms with Crippen molar-refractivity contribution in [2.75, 3.05) is 16.6 Å². The van der Waals surface area contributed by atoms with E-state index < -0.39 is 16.1 Å². The van der Waals surface area contributed by atoms with Crippen molar-refractivity contribution in [1.29, 1.82) is 0 Å². The molecule has 0 fully saturated rings. The number of hydrogen-bond acceptors (Lipinski definition) is 6. The second-order valence-electron chi connectivity index (χ2n) is 6.23. The lowest BCUT2D eigenvalue weighted by molar-refractivity contribution is -0.125. The zero-order valence-corrected chi connectivity index (χ0v) is 15.9. The van der Waals surface area contributed by atoms with E-state index >= 15 is 0 Å². The Balaban J connectivity index is 1.41. The maximum Gasteiger partial charge on any atom is 0.269 e. The molecule has 0 aliphatic carbocycles. The van der Waals surface area contributed by atoms with Gasteiger partial charge in [0.25, 0.3) is 15.9 Å². The normalized spacial score (nSPS) is 15.4. The largest absolute Gasteiger partial charge is 0.485 e. The van der Waals surface area contributed by atoms with Crippen LogP contribution in [0.1, 0.15) is 0 Å². The van der Waals surface area contributed by atoms with Crippen molar-refractivity contribution in [1.82, 2.24) is 4.98 Å². The van der Waals surface area contributed by atoms with E-state index in [4.69, 9.17) is 9.47 Å². The second-order valence-corrected chi connectivity index (χ2v) is 7.91. The van der Waals surface area contributed by atoms with Gasteiger partial charge < -0.3 is 14.8 Å². The molecule has 0 spiro atoms. The van der Waals surface area contributed by atoms with Crippen molar-refractivity contribution in [3.8, 4) is 11.5 Å². The fraction of sp³-hybridized carbons (Fsp3) is 0.100. The first kappa shape index (κ1) is 18.8. The number of benzene rings is 2. The lowest BCUT2D eigenvalue weighted by Gasteiger charge is -2.25. The summed E-state index contributed by atoms with van der Waals surface area (Å²) in [5.41, 5.74) is 0.803. The van der Waals surface area contributed by atoms with E-state index in [0.717, 1.165) is 0 Å². The first-order valence-corrected chi connectivity index (χ1v) is 10.2. The summed E-state index contributed by atoms with van der Waals surface area (Å²) in [7, 11) is -3.76. The van der Waals surface area contributed by atoms with Crippen LogP contribution in [0.3, 0.4) is 0 Å². The summed E-state index contributed by atoms with van der Waals surface area (Å²) in [6, 6.07) is 16.2. The third-order valence-corrected chi connectivity index (χ3v) is 5.54. The predicted octanol–water partition coefficient (Wildman–Crippen LogP) is 2.66. The Morgan fingerprint density at radius 2 is 1.72 bits per heavy atom. The summed E-state index contributed by atoms with van der Waals surface area (Å²) in [5, 5.41) is 2.70. The number of para-hydroxylation sites is 2. The molecule has 1 atom stereocenters. The first-order chi connectivity index (χ1) is 14.0. The van der Waals surface area contributed by atoms with Gasteiger partial charge in [-0.2, -0.15) is 0 Å². The van der Waals surface area contributed by atoms with Gasteiger partial charge in [-0.05, 0) is 48.5 Å². The minimum Gasteiger partial charge on any atom is -0.485 e. The van der Waals surface area contributed by atoms with Gasteiger partial charge in [0.1, 0.15) is 6.61 Å². The molecule has 0 bridgehead atoms. The number of ether oxygens (including phenoxy) is 2. The Morgan fingerprint density at radius 1 is 0.966 bits per heavy atom. The summed E-state index contributed by atoms with van der Waals surface area (Å²) in [6.45, 7) is 0.0876. The van der Waals surface area contributed by atoms with E-state index in [1.165, 1.54) is 30.5 Å². The Labute approximate surface area is 167 Å².